The van der Waals surface area contributed by atoms with Crippen molar-refractivity contribution in [2.24, 2.45) is 0 Å². The molecule has 1 spiro atoms. The summed E-state index contributed by atoms with van der Waals surface area (Å²) in [5, 5.41) is 3.50. The van der Waals surface area contributed by atoms with Gasteiger partial charge in [0.2, 0.25) is 5.92 Å². The van der Waals surface area contributed by atoms with Gasteiger partial charge in [-0.2, -0.15) is 0 Å². The summed E-state index contributed by atoms with van der Waals surface area (Å²) in [6, 6.07) is 0.272. The van der Waals surface area contributed by atoms with Crippen LogP contribution in [-0.4, -0.2) is 30.7 Å². The van der Waals surface area contributed by atoms with Crippen LogP contribution < -0.4 is 5.32 Å². The monoisotopic (exact) mass is 261 g/mol. The lowest BCUT2D eigenvalue weighted by Crippen LogP contribution is -2.60. The van der Waals surface area contributed by atoms with Crippen molar-refractivity contribution in [3.63, 3.8) is 0 Å². The average molecular weight is 261 g/mol. The standard InChI is InChI=1S/C14H25F2NO/c1-2-3-4-5-12-13(18-11-10-17-12)6-8-14(15,16)9-7-13/h12,17H,2-11H2,1H3. The third-order valence-corrected chi connectivity index (χ3v) is 4.44. The van der Waals surface area contributed by atoms with Crippen molar-refractivity contribution >= 4 is 0 Å². The summed E-state index contributed by atoms with van der Waals surface area (Å²) < 4.78 is 32.5. The van der Waals surface area contributed by atoms with Crippen LogP contribution in [0.3, 0.4) is 0 Å². The fraction of sp³-hybridized carbons (Fsp3) is 1.00. The molecule has 1 saturated carbocycles. The van der Waals surface area contributed by atoms with E-state index in [0.29, 0.717) is 19.4 Å². The molecule has 0 aromatic carbocycles. The summed E-state index contributed by atoms with van der Waals surface area (Å²) >= 11 is 0. The van der Waals surface area contributed by atoms with E-state index in [1.165, 1.54) is 12.8 Å². The lowest BCUT2D eigenvalue weighted by Gasteiger charge is -2.48. The third-order valence-electron chi connectivity index (χ3n) is 4.44. The molecule has 2 aliphatic rings. The lowest BCUT2D eigenvalue weighted by atomic mass is 9.75. The molecule has 1 N–H and O–H groups in total. The summed E-state index contributed by atoms with van der Waals surface area (Å²) in [6.07, 6.45) is 5.60. The molecule has 0 amide bonds. The van der Waals surface area contributed by atoms with Crippen molar-refractivity contribution in [1.29, 1.82) is 0 Å². The highest BCUT2D eigenvalue weighted by Gasteiger charge is 2.49. The Morgan fingerprint density at radius 3 is 2.56 bits per heavy atom. The maximum absolute atomic E-state index is 13.3. The van der Waals surface area contributed by atoms with Gasteiger partial charge in [0.1, 0.15) is 0 Å². The SMILES string of the molecule is CCCCCC1NCCOC12CCC(F)(F)CC2. The highest BCUT2D eigenvalue weighted by molar-refractivity contribution is 5.00. The van der Waals surface area contributed by atoms with Gasteiger partial charge in [0.25, 0.3) is 0 Å². The zero-order valence-corrected chi connectivity index (χ0v) is 11.3. The van der Waals surface area contributed by atoms with E-state index in [2.05, 4.69) is 12.2 Å². The van der Waals surface area contributed by atoms with Gasteiger partial charge in [-0.25, -0.2) is 8.78 Å². The second-order valence-electron chi connectivity index (χ2n) is 5.77. The Balaban J connectivity index is 1.94. The fourth-order valence-electron chi connectivity index (χ4n) is 3.27. The summed E-state index contributed by atoms with van der Waals surface area (Å²) in [5.74, 6) is -2.47. The Kier molecular flexibility index (Phi) is 4.59. The van der Waals surface area contributed by atoms with Crippen LogP contribution in [-0.2, 0) is 4.74 Å². The Bertz CT molecular complexity index is 261. The zero-order valence-electron chi connectivity index (χ0n) is 11.3. The summed E-state index contributed by atoms with van der Waals surface area (Å²) in [4.78, 5) is 0. The molecule has 0 radical (unpaired) electrons. The number of alkyl halides is 2. The molecular formula is C14H25F2NO. The van der Waals surface area contributed by atoms with Crippen LogP contribution in [0.2, 0.25) is 0 Å². The van der Waals surface area contributed by atoms with Crippen LogP contribution in [0.25, 0.3) is 0 Å². The maximum atomic E-state index is 13.3. The predicted octanol–water partition coefficient (Wildman–Crippen LogP) is 3.50. The number of hydrogen-bond donors (Lipinski definition) is 1. The molecule has 0 aromatic heterocycles. The minimum absolute atomic E-state index is 0.0149. The molecule has 1 atom stereocenters. The molecule has 1 aliphatic heterocycles. The topological polar surface area (TPSA) is 21.3 Å². The molecule has 2 rings (SSSR count). The van der Waals surface area contributed by atoms with E-state index in [9.17, 15) is 8.78 Å². The number of unbranched alkanes of at least 4 members (excludes halogenated alkanes) is 2. The van der Waals surface area contributed by atoms with Gasteiger partial charge < -0.3 is 10.1 Å². The van der Waals surface area contributed by atoms with Crippen LogP contribution in [0.4, 0.5) is 8.78 Å². The first-order chi connectivity index (χ1) is 8.58. The largest absolute Gasteiger partial charge is 0.372 e. The Labute approximate surface area is 108 Å². The van der Waals surface area contributed by atoms with Crippen LogP contribution in [0.1, 0.15) is 58.3 Å². The van der Waals surface area contributed by atoms with E-state index in [4.69, 9.17) is 4.74 Å². The van der Waals surface area contributed by atoms with Crippen molar-refractivity contribution in [3.8, 4) is 0 Å². The first-order valence-corrected chi connectivity index (χ1v) is 7.33. The summed E-state index contributed by atoms with van der Waals surface area (Å²) in [5.41, 5.74) is -0.312. The number of hydrogen-bond acceptors (Lipinski definition) is 2. The number of nitrogens with one attached hydrogen (secondary N) is 1. The number of rotatable bonds is 4. The van der Waals surface area contributed by atoms with E-state index in [1.54, 1.807) is 0 Å². The summed E-state index contributed by atoms with van der Waals surface area (Å²) in [7, 11) is 0. The zero-order chi connectivity index (χ0) is 13.1. The molecular weight excluding hydrogens is 236 g/mol. The van der Waals surface area contributed by atoms with Crippen LogP contribution in [0.5, 0.6) is 0 Å². The van der Waals surface area contributed by atoms with E-state index in [-0.39, 0.29) is 24.5 Å². The molecule has 1 heterocycles. The van der Waals surface area contributed by atoms with E-state index >= 15 is 0 Å². The fourth-order valence-corrected chi connectivity index (χ4v) is 3.27. The van der Waals surface area contributed by atoms with Crippen molar-refractivity contribution in [1.82, 2.24) is 5.32 Å². The predicted molar refractivity (Wildman–Crippen MR) is 68.0 cm³/mol. The Morgan fingerprint density at radius 2 is 1.89 bits per heavy atom. The van der Waals surface area contributed by atoms with Gasteiger partial charge >= 0.3 is 0 Å². The quantitative estimate of drug-likeness (QED) is 0.782. The smallest absolute Gasteiger partial charge is 0.248 e. The highest BCUT2D eigenvalue weighted by atomic mass is 19.3. The first-order valence-electron chi connectivity index (χ1n) is 7.33. The molecule has 2 nitrogen and oxygen atoms in total. The van der Waals surface area contributed by atoms with Gasteiger partial charge in [-0.05, 0) is 19.3 Å². The molecule has 4 heteroatoms. The molecule has 1 unspecified atom stereocenters. The minimum Gasteiger partial charge on any atom is -0.372 e. The average Bonchev–Trinajstić information content (AvgIpc) is 2.36. The molecule has 18 heavy (non-hydrogen) atoms. The van der Waals surface area contributed by atoms with Crippen molar-refractivity contribution in [2.75, 3.05) is 13.2 Å². The van der Waals surface area contributed by atoms with E-state index < -0.39 is 5.92 Å². The Morgan fingerprint density at radius 1 is 1.17 bits per heavy atom. The molecule has 2 fully saturated rings. The normalized spacial score (nSPS) is 30.5. The van der Waals surface area contributed by atoms with E-state index in [1.807, 2.05) is 0 Å². The number of halogens is 2. The minimum atomic E-state index is -2.47. The van der Waals surface area contributed by atoms with Gasteiger partial charge in [0.15, 0.2) is 0 Å². The molecule has 106 valence electrons. The van der Waals surface area contributed by atoms with Gasteiger partial charge in [0.05, 0.1) is 12.2 Å². The molecule has 0 bridgehead atoms. The molecule has 1 aliphatic carbocycles. The van der Waals surface area contributed by atoms with Crippen LogP contribution in [0, 0.1) is 0 Å². The maximum Gasteiger partial charge on any atom is 0.248 e. The first kappa shape index (κ1) is 14.2. The Hall–Kier alpha value is -0.220. The summed E-state index contributed by atoms with van der Waals surface area (Å²) in [6.45, 7) is 3.70. The third kappa shape index (κ3) is 3.21. The van der Waals surface area contributed by atoms with Crippen LogP contribution in [0.15, 0.2) is 0 Å². The lowest BCUT2D eigenvalue weighted by molar-refractivity contribution is -0.162. The number of ether oxygens (including phenoxy) is 1. The van der Waals surface area contributed by atoms with Crippen molar-refractivity contribution in [2.45, 2.75) is 75.9 Å². The van der Waals surface area contributed by atoms with Gasteiger partial charge in [-0.1, -0.05) is 26.2 Å². The highest BCUT2D eigenvalue weighted by Crippen LogP contribution is 2.43. The van der Waals surface area contributed by atoms with Crippen molar-refractivity contribution in [3.05, 3.63) is 0 Å². The molecule has 1 saturated heterocycles. The second kappa shape index (κ2) is 5.83. The van der Waals surface area contributed by atoms with Gasteiger partial charge in [-0.15, -0.1) is 0 Å². The van der Waals surface area contributed by atoms with Crippen LogP contribution >= 0.6 is 0 Å². The second-order valence-corrected chi connectivity index (χ2v) is 5.77. The van der Waals surface area contributed by atoms with Gasteiger partial charge in [-0.3, -0.25) is 0 Å². The van der Waals surface area contributed by atoms with Crippen molar-refractivity contribution < 1.29 is 13.5 Å². The van der Waals surface area contributed by atoms with E-state index in [0.717, 1.165) is 19.4 Å². The van der Waals surface area contributed by atoms with Gasteiger partial charge in [0, 0.05) is 25.4 Å². The number of morpholine rings is 1. The molecule has 0 aromatic rings.